The van der Waals surface area contributed by atoms with Crippen LogP contribution < -0.4 is 0 Å². The number of benzene rings is 1. The lowest BCUT2D eigenvalue weighted by Crippen LogP contribution is -2.25. The van der Waals surface area contributed by atoms with E-state index in [2.05, 4.69) is 5.92 Å². The maximum absolute atomic E-state index is 11.9. The molecule has 1 N–H and O–H groups in total. The number of nitrogens with zero attached hydrogens (tertiary/aromatic N) is 1. The molecule has 0 spiro atoms. The van der Waals surface area contributed by atoms with E-state index in [1.54, 1.807) is 36.2 Å². The van der Waals surface area contributed by atoms with Crippen molar-refractivity contribution in [3.05, 3.63) is 35.4 Å². The van der Waals surface area contributed by atoms with Crippen molar-refractivity contribution in [2.45, 2.75) is 32.2 Å². The zero-order chi connectivity index (χ0) is 15.0. The van der Waals surface area contributed by atoms with Gasteiger partial charge in [0.15, 0.2) is 0 Å². The van der Waals surface area contributed by atoms with Gasteiger partial charge in [-0.2, -0.15) is 0 Å². The third-order valence-corrected chi connectivity index (χ3v) is 3.01. The second-order valence-electron chi connectivity index (χ2n) is 4.66. The molecule has 0 bridgehead atoms. The molecule has 1 aromatic carbocycles. The van der Waals surface area contributed by atoms with E-state index >= 15 is 0 Å². The Balaban J connectivity index is 2.45. The van der Waals surface area contributed by atoms with Crippen LogP contribution in [-0.4, -0.2) is 28.9 Å². The highest BCUT2D eigenvalue weighted by Crippen LogP contribution is 2.09. The number of carbonyl (C=O) groups is 2. The molecule has 0 aliphatic heterocycles. The van der Waals surface area contributed by atoms with Crippen LogP contribution in [0.25, 0.3) is 0 Å². The SMILES string of the molecule is C#CCCCCC(=O)N(C)Cc1ccc(C(=O)O)cc1. The largest absolute Gasteiger partial charge is 0.478 e. The average Bonchev–Trinajstić information content (AvgIpc) is 2.44. The number of amides is 1. The summed E-state index contributed by atoms with van der Waals surface area (Å²) in [5.41, 5.74) is 1.16. The molecule has 20 heavy (non-hydrogen) atoms. The molecule has 0 radical (unpaired) electrons. The van der Waals surface area contributed by atoms with Gasteiger partial charge in [-0.25, -0.2) is 4.79 Å². The van der Waals surface area contributed by atoms with Gasteiger partial charge in [0.05, 0.1) is 5.56 Å². The first-order valence-electron chi connectivity index (χ1n) is 6.54. The van der Waals surface area contributed by atoms with Crippen LogP contribution in [0.1, 0.15) is 41.6 Å². The zero-order valence-electron chi connectivity index (χ0n) is 11.6. The maximum atomic E-state index is 11.9. The molecule has 4 nitrogen and oxygen atoms in total. The zero-order valence-corrected chi connectivity index (χ0v) is 11.6. The van der Waals surface area contributed by atoms with E-state index in [4.69, 9.17) is 11.5 Å². The van der Waals surface area contributed by atoms with E-state index < -0.39 is 5.97 Å². The summed E-state index contributed by atoms with van der Waals surface area (Å²) in [6, 6.07) is 6.54. The summed E-state index contributed by atoms with van der Waals surface area (Å²) < 4.78 is 0. The van der Waals surface area contributed by atoms with Crippen LogP contribution in [0.5, 0.6) is 0 Å². The molecular formula is C16H19NO3. The molecule has 0 aliphatic carbocycles. The number of hydrogen-bond acceptors (Lipinski definition) is 2. The Bertz CT molecular complexity index is 499. The van der Waals surface area contributed by atoms with Crippen LogP contribution in [0, 0.1) is 12.3 Å². The molecule has 0 fully saturated rings. The molecule has 0 aromatic heterocycles. The van der Waals surface area contributed by atoms with Gasteiger partial charge in [0.25, 0.3) is 0 Å². The van der Waals surface area contributed by atoms with Gasteiger partial charge in [-0.1, -0.05) is 12.1 Å². The summed E-state index contributed by atoms with van der Waals surface area (Å²) in [5, 5.41) is 8.81. The quantitative estimate of drug-likeness (QED) is 0.613. The predicted octanol–water partition coefficient (Wildman–Crippen LogP) is 2.54. The molecule has 0 atom stereocenters. The number of hydrogen-bond donors (Lipinski definition) is 1. The summed E-state index contributed by atoms with van der Waals surface area (Å²) >= 11 is 0. The van der Waals surface area contributed by atoms with Crippen LogP contribution in [-0.2, 0) is 11.3 Å². The van der Waals surface area contributed by atoms with Crippen molar-refractivity contribution in [3.8, 4) is 12.3 Å². The Kier molecular flexibility index (Phi) is 6.31. The Labute approximate surface area is 119 Å². The number of carboxylic acid groups (broad SMARTS) is 1. The summed E-state index contributed by atoms with van der Waals surface area (Å²) in [4.78, 5) is 24.2. The van der Waals surface area contributed by atoms with Crippen molar-refractivity contribution in [3.63, 3.8) is 0 Å². The van der Waals surface area contributed by atoms with E-state index in [9.17, 15) is 9.59 Å². The number of unbranched alkanes of at least 4 members (excludes halogenated alkanes) is 2. The van der Waals surface area contributed by atoms with Crippen molar-refractivity contribution in [2.24, 2.45) is 0 Å². The topological polar surface area (TPSA) is 57.6 Å². The molecule has 0 unspecified atom stereocenters. The summed E-state index contributed by atoms with van der Waals surface area (Å²) in [7, 11) is 1.74. The van der Waals surface area contributed by atoms with Crippen LogP contribution >= 0.6 is 0 Å². The Morgan fingerprint density at radius 3 is 2.45 bits per heavy atom. The van der Waals surface area contributed by atoms with E-state index in [1.165, 1.54) is 0 Å². The van der Waals surface area contributed by atoms with Gasteiger partial charge >= 0.3 is 5.97 Å². The minimum absolute atomic E-state index is 0.0735. The van der Waals surface area contributed by atoms with Gasteiger partial charge in [-0.15, -0.1) is 12.3 Å². The third-order valence-electron chi connectivity index (χ3n) is 3.01. The van der Waals surface area contributed by atoms with E-state index in [-0.39, 0.29) is 11.5 Å². The van der Waals surface area contributed by atoms with E-state index in [0.717, 1.165) is 18.4 Å². The second kappa shape index (κ2) is 8.00. The molecular weight excluding hydrogens is 254 g/mol. The summed E-state index contributed by atoms with van der Waals surface area (Å²) in [6.45, 7) is 0.480. The fourth-order valence-electron chi connectivity index (χ4n) is 1.81. The lowest BCUT2D eigenvalue weighted by atomic mass is 10.1. The molecule has 0 saturated carbocycles. The number of aromatic carboxylic acids is 1. The lowest BCUT2D eigenvalue weighted by Gasteiger charge is -2.17. The molecule has 0 saturated heterocycles. The number of carboxylic acids is 1. The van der Waals surface area contributed by atoms with Gasteiger partial charge < -0.3 is 10.0 Å². The van der Waals surface area contributed by atoms with Gasteiger partial charge in [0.1, 0.15) is 0 Å². The first kappa shape index (κ1) is 15.8. The van der Waals surface area contributed by atoms with Gasteiger partial charge in [0, 0.05) is 26.4 Å². The van der Waals surface area contributed by atoms with Crippen LogP contribution in [0.15, 0.2) is 24.3 Å². The Morgan fingerprint density at radius 1 is 1.25 bits per heavy atom. The van der Waals surface area contributed by atoms with Gasteiger partial charge in [-0.3, -0.25) is 4.79 Å². The molecule has 4 heteroatoms. The normalized spacial score (nSPS) is 9.80. The van der Waals surface area contributed by atoms with Crippen molar-refractivity contribution in [1.29, 1.82) is 0 Å². The van der Waals surface area contributed by atoms with Crippen molar-refractivity contribution in [1.82, 2.24) is 4.90 Å². The molecule has 0 heterocycles. The number of carbonyl (C=O) groups excluding carboxylic acids is 1. The summed E-state index contributed by atoms with van der Waals surface area (Å²) in [6.07, 6.45) is 8.01. The predicted molar refractivity (Wildman–Crippen MR) is 77.2 cm³/mol. The lowest BCUT2D eigenvalue weighted by molar-refractivity contribution is -0.130. The minimum Gasteiger partial charge on any atom is -0.478 e. The number of rotatable bonds is 7. The molecule has 0 aliphatic rings. The van der Waals surface area contributed by atoms with E-state index in [1.807, 2.05) is 0 Å². The maximum Gasteiger partial charge on any atom is 0.335 e. The summed E-state index contributed by atoms with van der Waals surface area (Å²) in [5.74, 6) is 1.68. The van der Waals surface area contributed by atoms with Crippen LogP contribution in [0.3, 0.4) is 0 Å². The Morgan fingerprint density at radius 2 is 1.90 bits per heavy atom. The van der Waals surface area contributed by atoms with Crippen molar-refractivity contribution < 1.29 is 14.7 Å². The standard InChI is InChI=1S/C16H19NO3/c1-3-4-5-6-7-15(18)17(2)12-13-8-10-14(11-9-13)16(19)20/h1,8-11H,4-7,12H2,2H3,(H,19,20). The first-order valence-corrected chi connectivity index (χ1v) is 6.54. The van der Waals surface area contributed by atoms with Crippen LogP contribution in [0.2, 0.25) is 0 Å². The smallest absolute Gasteiger partial charge is 0.335 e. The fourth-order valence-corrected chi connectivity index (χ4v) is 1.81. The highest BCUT2D eigenvalue weighted by Gasteiger charge is 2.09. The Hall–Kier alpha value is -2.28. The van der Waals surface area contributed by atoms with Gasteiger partial charge in [0.2, 0.25) is 5.91 Å². The molecule has 106 valence electrons. The monoisotopic (exact) mass is 273 g/mol. The van der Waals surface area contributed by atoms with Gasteiger partial charge in [-0.05, 0) is 30.5 Å². The highest BCUT2D eigenvalue weighted by atomic mass is 16.4. The highest BCUT2D eigenvalue weighted by molar-refractivity contribution is 5.87. The average molecular weight is 273 g/mol. The molecule has 1 aromatic rings. The number of terminal acetylenes is 1. The van der Waals surface area contributed by atoms with Crippen molar-refractivity contribution >= 4 is 11.9 Å². The second-order valence-corrected chi connectivity index (χ2v) is 4.66. The third kappa shape index (κ3) is 5.15. The van der Waals surface area contributed by atoms with Crippen LogP contribution in [0.4, 0.5) is 0 Å². The van der Waals surface area contributed by atoms with Crippen molar-refractivity contribution in [2.75, 3.05) is 7.05 Å². The fraction of sp³-hybridized carbons (Fsp3) is 0.375. The molecule has 1 rings (SSSR count). The first-order chi connectivity index (χ1) is 9.54. The minimum atomic E-state index is -0.950. The molecule has 1 amide bonds. The van der Waals surface area contributed by atoms with E-state index in [0.29, 0.717) is 19.4 Å².